The average Bonchev–Trinajstić information content (AvgIpc) is 3.49. The number of aliphatic hydroxyl groups is 1. The summed E-state index contributed by atoms with van der Waals surface area (Å²) in [6.07, 6.45) is 1.93. The highest BCUT2D eigenvalue weighted by Crippen LogP contribution is 2.34. The van der Waals surface area contributed by atoms with Crippen LogP contribution >= 0.6 is 0 Å². The van der Waals surface area contributed by atoms with Gasteiger partial charge in [0, 0.05) is 68.3 Å². The van der Waals surface area contributed by atoms with Crippen LogP contribution in [-0.2, 0) is 17.8 Å². The number of anilines is 3. The van der Waals surface area contributed by atoms with Crippen molar-refractivity contribution in [2.45, 2.75) is 31.9 Å². The molecule has 0 radical (unpaired) electrons. The van der Waals surface area contributed by atoms with Crippen LogP contribution in [0.25, 0.3) is 22.0 Å². The van der Waals surface area contributed by atoms with Gasteiger partial charge in [-0.3, -0.25) is 9.89 Å². The molecule has 1 amide bonds. The maximum Gasteiger partial charge on any atom is 0.258 e. The van der Waals surface area contributed by atoms with Gasteiger partial charge in [-0.2, -0.15) is 5.10 Å². The van der Waals surface area contributed by atoms with Crippen LogP contribution in [0.15, 0.2) is 72.8 Å². The van der Waals surface area contributed by atoms with Crippen molar-refractivity contribution in [2.24, 2.45) is 0 Å². The second-order valence-electron chi connectivity index (χ2n) is 12.4. The molecule has 9 nitrogen and oxygen atoms in total. The third kappa shape index (κ3) is 7.03. The fraction of sp³-hybridized carbons (Fsp3) is 0.297. The summed E-state index contributed by atoms with van der Waals surface area (Å²) in [7, 11) is 0. The van der Waals surface area contributed by atoms with E-state index in [2.05, 4.69) is 37.1 Å². The quantitative estimate of drug-likeness (QED) is 0.136. The predicted molar refractivity (Wildman–Crippen MR) is 184 cm³/mol. The molecule has 0 unspecified atom stereocenters. The number of halogens is 2. The summed E-state index contributed by atoms with van der Waals surface area (Å²) in [4.78, 5) is 16.3. The first-order valence-electron chi connectivity index (χ1n) is 16.3. The molecule has 0 bridgehead atoms. The van der Waals surface area contributed by atoms with Crippen molar-refractivity contribution in [1.29, 1.82) is 0 Å². The van der Waals surface area contributed by atoms with Gasteiger partial charge in [0.15, 0.2) is 5.82 Å². The van der Waals surface area contributed by atoms with Crippen molar-refractivity contribution < 1.29 is 23.4 Å². The lowest BCUT2D eigenvalue weighted by Gasteiger charge is -2.31. The molecule has 3 heterocycles. The van der Waals surface area contributed by atoms with Gasteiger partial charge in [0.25, 0.3) is 5.91 Å². The van der Waals surface area contributed by atoms with Gasteiger partial charge in [-0.15, -0.1) is 0 Å². The lowest BCUT2D eigenvalue weighted by atomic mass is 9.92. The average molecular weight is 653 g/mol. The van der Waals surface area contributed by atoms with Crippen LogP contribution in [0.5, 0.6) is 0 Å². The highest BCUT2D eigenvalue weighted by molar-refractivity contribution is 6.11. The van der Waals surface area contributed by atoms with Crippen LogP contribution in [-0.4, -0.2) is 66.6 Å². The molecular weight excluding hydrogens is 614 g/mol. The van der Waals surface area contributed by atoms with E-state index in [1.54, 1.807) is 0 Å². The Hall–Kier alpha value is -4.84. The summed E-state index contributed by atoms with van der Waals surface area (Å²) in [5, 5.41) is 28.0. The van der Waals surface area contributed by atoms with E-state index in [1.807, 2.05) is 48.5 Å². The largest absolute Gasteiger partial charge is 0.392 e. The maximum absolute atomic E-state index is 14.2. The Morgan fingerprint density at radius 1 is 0.958 bits per heavy atom. The number of amides is 1. The van der Waals surface area contributed by atoms with Crippen LogP contribution in [0.1, 0.15) is 39.9 Å². The topological polar surface area (TPSA) is 115 Å². The van der Waals surface area contributed by atoms with E-state index in [-0.39, 0.29) is 25.0 Å². The Balaban J connectivity index is 1.24. The van der Waals surface area contributed by atoms with Gasteiger partial charge in [0.2, 0.25) is 0 Å². The summed E-state index contributed by atoms with van der Waals surface area (Å²) in [6.45, 7) is 4.81. The standard InChI is InChI=1S/C37H38F2N6O3/c38-27-16-24(17-28(39)19-27)15-26-18-33-35(21-32(26)25-3-1-2-23(14-25)22-46)43-44-36(33)42-37(47)31-5-4-30(45-10-8-40-9-11-45)20-34(31)41-29-6-12-48-13-7-29/h1-5,14,16-21,29,40-41,46H,6-13,15,22H2,(H2,42,43,44,47). The zero-order chi connectivity index (χ0) is 33.0. The fourth-order valence-corrected chi connectivity index (χ4v) is 6.60. The predicted octanol–water partition coefficient (Wildman–Crippen LogP) is 5.84. The van der Waals surface area contributed by atoms with Crippen molar-refractivity contribution in [1.82, 2.24) is 15.5 Å². The highest BCUT2D eigenvalue weighted by atomic mass is 19.1. The second kappa shape index (κ2) is 14.1. The van der Waals surface area contributed by atoms with Gasteiger partial charge >= 0.3 is 0 Å². The SMILES string of the molecule is O=C(Nc1n[nH]c2cc(-c3cccc(CO)c3)c(Cc3cc(F)cc(F)c3)cc12)c1ccc(N2CCNCC2)cc1NC1CCOCC1. The van der Waals surface area contributed by atoms with E-state index in [4.69, 9.17) is 4.74 Å². The number of fused-ring (bicyclic) bond motifs is 1. The molecule has 2 fully saturated rings. The first kappa shape index (κ1) is 31.7. The van der Waals surface area contributed by atoms with Crippen LogP contribution in [0.3, 0.4) is 0 Å². The number of nitrogens with zero attached hydrogens (tertiary/aromatic N) is 2. The van der Waals surface area contributed by atoms with Crippen LogP contribution in [0.4, 0.5) is 26.0 Å². The Labute approximate surface area is 277 Å². The van der Waals surface area contributed by atoms with Crippen molar-refractivity contribution in [3.05, 3.63) is 107 Å². The number of hydrogen-bond donors (Lipinski definition) is 5. The minimum atomic E-state index is -0.653. The molecule has 11 heteroatoms. The van der Waals surface area contributed by atoms with E-state index in [1.165, 1.54) is 12.1 Å². The Morgan fingerprint density at radius 2 is 1.75 bits per heavy atom. The molecule has 48 heavy (non-hydrogen) atoms. The number of hydrogen-bond acceptors (Lipinski definition) is 7. The molecule has 2 saturated heterocycles. The summed E-state index contributed by atoms with van der Waals surface area (Å²) < 4.78 is 33.9. The summed E-state index contributed by atoms with van der Waals surface area (Å²) in [5.74, 6) is -1.27. The third-order valence-electron chi connectivity index (χ3n) is 9.07. The first-order chi connectivity index (χ1) is 23.4. The number of ether oxygens (including phenoxy) is 1. The molecule has 0 atom stereocenters. The van der Waals surface area contributed by atoms with Crippen molar-refractivity contribution in [3.63, 3.8) is 0 Å². The number of aromatic amines is 1. The molecule has 0 aliphatic carbocycles. The normalized spacial score (nSPS) is 15.5. The molecule has 4 aromatic carbocycles. The molecule has 0 saturated carbocycles. The lowest BCUT2D eigenvalue weighted by molar-refractivity contribution is 0.0904. The zero-order valence-electron chi connectivity index (χ0n) is 26.5. The van der Waals surface area contributed by atoms with Crippen molar-refractivity contribution in [3.8, 4) is 11.1 Å². The van der Waals surface area contributed by atoms with Crippen LogP contribution in [0, 0.1) is 11.6 Å². The van der Waals surface area contributed by atoms with Gasteiger partial charge in [-0.25, -0.2) is 8.78 Å². The van der Waals surface area contributed by atoms with E-state index in [0.717, 1.165) is 78.7 Å². The van der Waals surface area contributed by atoms with Gasteiger partial charge in [-0.05, 0) is 95.6 Å². The molecule has 7 rings (SSSR count). The second-order valence-corrected chi connectivity index (χ2v) is 12.4. The number of nitrogens with one attached hydrogen (secondary N) is 4. The minimum Gasteiger partial charge on any atom is -0.392 e. The van der Waals surface area contributed by atoms with E-state index < -0.39 is 11.6 Å². The number of H-pyrrole nitrogens is 1. The zero-order valence-corrected chi connectivity index (χ0v) is 26.5. The van der Waals surface area contributed by atoms with Gasteiger partial charge in [-0.1, -0.05) is 18.2 Å². The number of carbonyl (C=O) groups excluding carboxylic acids is 1. The molecule has 5 aromatic rings. The lowest BCUT2D eigenvalue weighted by Crippen LogP contribution is -2.43. The van der Waals surface area contributed by atoms with E-state index in [9.17, 15) is 18.7 Å². The number of aliphatic hydroxyl groups excluding tert-OH is 1. The van der Waals surface area contributed by atoms with Gasteiger partial charge in [0.1, 0.15) is 11.6 Å². The molecule has 5 N–H and O–H groups in total. The maximum atomic E-state index is 14.2. The smallest absolute Gasteiger partial charge is 0.258 e. The number of rotatable bonds is 9. The molecular formula is C37H38F2N6O3. The summed E-state index contributed by atoms with van der Waals surface area (Å²) in [5.41, 5.74) is 6.64. The number of piperazine rings is 1. The monoisotopic (exact) mass is 652 g/mol. The van der Waals surface area contributed by atoms with E-state index >= 15 is 0 Å². The van der Waals surface area contributed by atoms with Crippen LogP contribution in [0.2, 0.25) is 0 Å². The third-order valence-corrected chi connectivity index (χ3v) is 9.07. The molecule has 248 valence electrons. The van der Waals surface area contributed by atoms with E-state index in [0.29, 0.717) is 41.1 Å². The number of aromatic nitrogens is 2. The molecule has 2 aliphatic rings. The first-order valence-corrected chi connectivity index (χ1v) is 16.3. The Morgan fingerprint density at radius 3 is 2.52 bits per heavy atom. The summed E-state index contributed by atoms with van der Waals surface area (Å²) in [6, 6.07) is 20.9. The Kier molecular flexibility index (Phi) is 9.33. The number of benzene rings is 4. The van der Waals surface area contributed by atoms with Crippen LogP contribution < -0.4 is 20.9 Å². The molecule has 0 spiro atoms. The van der Waals surface area contributed by atoms with Gasteiger partial charge in [0.05, 0.1) is 17.7 Å². The number of carbonyl (C=O) groups is 1. The van der Waals surface area contributed by atoms with Crippen molar-refractivity contribution >= 4 is 34.0 Å². The van der Waals surface area contributed by atoms with Crippen molar-refractivity contribution in [2.75, 3.05) is 54.9 Å². The highest BCUT2D eigenvalue weighted by Gasteiger charge is 2.22. The fourth-order valence-electron chi connectivity index (χ4n) is 6.60. The summed E-state index contributed by atoms with van der Waals surface area (Å²) >= 11 is 0. The Bertz CT molecular complexity index is 1910. The minimum absolute atomic E-state index is 0.123. The van der Waals surface area contributed by atoms with Gasteiger partial charge < -0.3 is 30.7 Å². The molecule has 1 aromatic heterocycles. The molecule has 2 aliphatic heterocycles.